The van der Waals surface area contributed by atoms with Crippen molar-refractivity contribution in [1.82, 2.24) is 0 Å². The van der Waals surface area contributed by atoms with Gasteiger partial charge in [0.1, 0.15) is 0 Å². The molecule has 0 N–H and O–H groups in total. The highest BCUT2D eigenvalue weighted by molar-refractivity contribution is 8.09. The zero-order valence-corrected chi connectivity index (χ0v) is 9.33. The smallest absolute Gasteiger partial charge is 0.0409 e. The number of thioether (sulfide) groups is 1. The molecule has 1 aromatic rings. The first kappa shape index (κ1) is 9.47. The molecule has 1 aliphatic rings. The largest absolute Gasteiger partial charge is 0.168 e. The van der Waals surface area contributed by atoms with Gasteiger partial charge in [-0.1, -0.05) is 6.07 Å². The van der Waals surface area contributed by atoms with Crippen LogP contribution in [0.15, 0.2) is 23.1 Å². The average Bonchev–Trinajstić information content (AvgIpc) is 2.18. The third-order valence-electron chi connectivity index (χ3n) is 2.55. The maximum atomic E-state index is 4.22. The molecular weight excluding hydrogens is 196 g/mol. The van der Waals surface area contributed by atoms with Crippen LogP contribution in [0.1, 0.15) is 24.0 Å². The molecule has 0 heterocycles. The van der Waals surface area contributed by atoms with E-state index >= 15 is 0 Å². The number of benzene rings is 1. The summed E-state index contributed by atoms with van der Waals surface area (Å²) in [4.78, 5) is 1.37. The number of hydrogen-bond acceptors (Lipinski definition) is 2. The predicted molar refractivity (Wildman–Crippen MR) is 62.8 cm³/mol. The zero-order chi connectivity index (χ0) is 9.10. The number of hydrogen-bond donors (Lipinski definition) is 1. The highest BCUT2D eigenvalue weighted by Crippen LogP contribution is 2.27. The lowest BCUT2D eigenvalue weighted by atomic mass is 9.92. The minimum atomic E-state index is 0.874. The Balaban J connectivity index is 2.24. The van der Waals surface area contributed by atoms with E-state index in [1.807, 2.05) is 11.8 Å². The lowest BCUT2D eigenvalue weighted by Gasteiger charge is -2.16. The fourth-order valence-corrected chi connectivity index (χ4v) is 2.86. The van der Waals surface area contributed by atoms with Crippen molar-refractivity contribution < 1.29 is 0 Å². The van der Waals surface area contributed by atoms with E-state index in [4.69, 9.17) is 0 Å². The molecule has 13 heavy (non-hydrogen) atoms. The van der Waals surface area contributed by atoms with Crippen molar-refractivity contribution in [2.75, 3.05) is 5.08 Å². The summed E-state index contributed by atoms with van der Waals surface area (Å²) in [6, 6.07) is 6.86. The zero-order valence-electron chi connectivity index (χ0n) is 7.62. The van der Waals surface area contributed by atoms with E-state index in [2.05, 4.69) is 30.8 Å². The van der Waals surface area contributed by atoms with Crippen LogP contribution in [0.4, 0.5) is 0 Å². The van der Waals surface area contributed by atoms with E-state index < -0.39 is 0 Å². The van der Waals surface area contributed by atoms with Crippen molar-refractivity contribution in [1.29, 1.82) is 0 Å². The summed E-state index contributed by atoms with van der Waals surface area (Å²) < 4.78 is 0. The Hall–Kier alpha value is -0.0800. The first-order valence-electron chi connectivity index (χ1n) is 4.75. The number of thiol groups is 1. The van der Waals surface area contributed by atoms with E-state index in [1.54, 1.807) is 11.1 Å². The van der Waals surface area contributed by atoms with Crippen molar-refractivity contribution in [2.45, 2.75) is 30.6 Å². The van der Waals surface area contributed by atoms with Gasteiger partial charge >= 0.3 is 0 Å². The molecule has 2 rings (SSSR count). The number of fused-ring (bicyclic) bond motifs is 1. The second-order valence-corrected chi connectivity index (χ2v) is 5.20. The second-order valence-electron chi connectivity index (χ2n) is 3.41. The summed E-state index contributed by atoms with van der Waals surface area (Å²) in [6.07, 6.45) is 5.28. The molecule has 0 spiro atoms. The Kier molecular flexibility index (Phi) is 3.23. The molecule has 0 atom stereocenters. The Morgan fingerprint density at radius 2 is 1.92 bits per heavy atom. The average molecular weight is 210 g/mol. The lowest BCUT2D eigenvalue weighted by molar-refractivity contribution is 0.684. The molecule has 0 bridgehead atoms. The summed E-state index contributed by atoms with van der Waals surface area (Å²) >= 11 is 6.03. The first-order valence-corrected chi connectivity index (χ1v) is 6.37. The fourth-order valence-electron chi connectivity index (χ4n) is 1.87. The van der Waals surface area contributed by atoms with Gasteiger partial charge in [0.25, 0.3) is 0 Å². The maximum absolute atomic E-state index is 4.22. The van der Waals surface area contributed by atoms with Crippen molar-refractivity contribution in [3.8, 4) is 0 Å². The summed E-state index contributed by atoms with van der Waals surface area (Å²) in [5.74, 6) is 0. The molecule has 0 unspecified atom stereocenters. The van der Waals surface area contributed by atoms with Gasteiger partial charge in [-0.3, -0.25) is 0 Å². The SMILES string of the molecule is SCSc1ccc2c(c1)CCCC2. The Morgan fingerprint density at radius 3 is 2.69 bits per heavy atom. The van der Waals surface area contributed by atoms with Crippen LogP contribution in [-0.2, 0) is 12.8 Å². The van der Waals surface area contributed by atoms with Gasteiger partial charge in [0.2, 0.25) is 0 Å². The molecule has 0 radical (unpaired) electrons. The van der Waals surface area contributed by atoms with Crippen molar-refractivity contribution in [3.63, 3.8) is 0 Å². The van der Waals surface area contributed by atoms with Crippen LogP contribution in [0.2, 0.25) is 0 Å². The molecule has 70 valence electrons. The quantitative estimate of drug-likeness (QED) is 0.442. The Morgan fingerprint density at radius 1 is 1.15 bits per heavy atom. The van der Waals surface area contributed by atoms with Crippen LogP contribution >= 0.6 is 24.4 Å². The highest BCUT2D eigenvalue weighted by atomic mass is 32.2. The number of aryl methyl sites for hydroxylation is 2. The monoisotopic (exact) mass is 210 g/mol. The van der Waals surface area contributed by atoms with Gasteiger partial charge in [0, 0.05) is 9.98 Å². The van der Waals surface area contributed by atoms with E-state index in [9.17, 15) is 0 Å². The van der Waals surface area contributed by atoms with Gasteiger partial charge in [0.05, 0.1) is 0 Å². The molecule has 1 aromatic carbocycles. The maximum Gasteiger partial charge on any atom is 0.0409 e. The van der Waals surface area contributed by atoms with Crippen LogP contribution < -0.4 is 0 Å². The van der Waals surface area contributed by atoms with Gasteiger partial charge in [0.15, 0.2) is 0 Å². The topological polar surface area (TPSA) is 0 Å². The van der Waals surface area contributed by atoms with E-state index in [1.165, 1.54) is 30.6 Å². The minimum Gasteiger partial charge on any atom is -0.168 e. The summed E-state index contributed by atoms with van der Waals surface area (Å²) in [5.41, 5.74) is 3.13. The molecule has 1 aliphatic carbocycles. The molecule has 2 heteroatoms. The Bertz CT molecular complexity index is 294. The molecule has 0 fully saturated rings. The van der Waals surface area contributed by atoms with Crippen LogP contribution in [0.25, 0.3) is 0 Å². The van der Waals surface area contributed by atoms with Gasteiger partial charge in [-0.25, -0.2) is 0 Å². The van der Waals surface area contributed by atoms with Crippen LogP contribution in [0, 0.1) is 0 Å². The molecule has 0 amide bonds. The van der Waals surface area contributed by atoms with Crippen LogP contribution in [-0.4, -0.2) is 5.08 Å². The highest BCUT2D eigenvalue weighted by Gasteiger charge is 2.08. The molecule has 0 nitrogen and oxygen atoms in total. The van der Waals surface area contributed by atoms with E-state index in [0.717, 1.165) is 5.08 Å². The Labute approximate surface area is 89.5 Å². The third kappa shape index (κ3) is 2.23. The lowest BCUT2D eigenvalue weighted by Crippen LogP contribution is -2.01. The summed E-state index contributed by atoms with van der Waals surface area (Å²) in [5, 5.41) is 0.874. The van der Waals surface area contributed by atoms with Crippen LogP contribution in [0.5, 0.6) is 0 Å². The van der Waals surface area contributed by atoms with Crippen molar-refractivity contribution in [3.05, 3.63) is 29.3 Å². The summed E-state index contributed by atoms with van der Waals surface area (Å²) in [6.45, 7) is 0. The molecule has 0 saturated heterocycles. The number of rotatable bonds is 2. The van der Waals surface area contributed by atoms with Crippen LogP contribution in [0.3, 0.4) is 0 Å². The van der Waals surface area contributed by atoms with E-state index in [0.29, 0.717) is 0 Å². The normalized spacial score (nSPS) is 15.5. The van der Waals surface area contributed by atoms with Gasteiger partial charge in [-0.05, 0) is 48.9 Å². The van der Waals surface area contributed by atoms with E-state index in [-0.39, 0.29) is 0 Å². The molecule has 0 aromatic heterocycles. The third-order valence-corrected chi connectivity index (χ3v) is 3.65. The molecule has 0 saturated carbocycles. The first-order chi connectivity index (χ1) is 6.40. The predicted octanol–water partition coefficient (Wildman–Crippen LogP) is 3.54. The van der Waals surface area contributed by atoms with Crippen molar-refractivity contribution in [2.24, 2.45) is 0 Å². The standard InChI is InChI=1S/C11H14S2/c12-8-13-11-6-5-9-3-1-2-4-10(9)7-11/h5-7,12H,1-4,8H2. The van der Waals surface area contributed by atoms with Gasteiger partial charge in [-0.15, -0.1) is 11.8 Å². The molecular formula is C11H14S2. The summed E-state index contributed by atoms with van der Waals surface area (Å²) in [7, 11) is 0. The van der Waals surface area contributed by atoms with Gasteiger partial charge in [-0.2, -0.15) is 12.6 Å². The second kappa shape index (κ2) is 4.43. The molecule has 0 aliphatic heterocycles. The van der Waals surface area contributed by atoms with Gasteiger partial charge < -0.3 is 0 Å². The fraction of sp³-hybridized carbons (Fsp3) is 0.455. The minimum absolute atomic E-state index is 0.874. The van der Waals surface area contributed by atoms with Crippen molar-refractivity contribution >= 4 is 24.4 Å².